The molecule has 1 spiro atoms. The van der Waals surface area contributed by atoms with Crippen molar-refractivity contribution < 1.29 is 23.1 Å². The molecule has 2 aliphatic heterocycles. The number of nitrogens with zero attached hydrogens (tertiary/aromatic N) is 2. The summed E-state index contributed by atoms with van der Waals surface area (Å²) in [5.41, 5.74) is 1.93. The maximum atomic E-state index is 14.7. The standard InChI is InChI=1S/C31H27FN2O5/c1-18-15-22-25(16-19(18)2)39-28-26(27(22)35)31(34(29(28)36)13-6-14-38-3)23-7-4-5-8-24(23)33(30(31)37)17-20-9-11-21(32)12-10-20/h4-5,7-12,15-16H,6,13-14,17H2,1-3H3. The van der Waals surface area contributed by atoms with Crippen molar-refractivity contribution in [2.24, 2.45) is 0 Å². The highest BCUT2D eigenvalue weighted by molar-refractivity contribution is 6.17. The Kier molecular flexibility index (Phi) is 5.88. The highest BCUT2D eigenvalue weighted by atomic mass is 19.1. The molecule has 0 bridgehead atoms. The maximum Gasteiger partial charge on any atom is 0.291 e. The summed E-state index contributed by atoms with van der Waals surface area (Å²) >= 11 is 0. The lowest BCUT2D eigenvalue weighted by Gasteiger charge is -2.34. The van der Waals surface area contributed by atoms with Crippen LogP contribution in [0.5, 0.6) is 0 Å². The molecule has 1 aromatic heterocycles. The smallest absolute Gasteiger partial charge is 0.291 e. The number of para-hydroxylation sites is 1. The summed E-state index contributed by atoms with van der Waals surface area (Å²) in [5.74, 6) is -1.42. The molecule has 2 amide bonds. The monoisotopic (exact) mass is 526 g/mol. The van der Waals surface area contributed by atoms with Gasteiger partial charge in [0.2, 0.25) is 5.76 Å². The first-order valence-electron chi connectivity index (χ1n) is 12.8. The number of halogens is 1. The number of fused-ring (bicyclic) bond motifs is 5. The minimum Gasteiger partial charge on any atom is -0.450 e. The Morgan fingerprint density at radius 2 is 1.69 bits per heavy atom. The van der Waals surface area contributed by atoms with Crippen LogP contribution < -0.4 is 10.3 Å². The van der Waals surface area contributed by atoms with Gasteiger partial charge in [0, 0.05) is 25.8 Å². The first-order chi connectivity index (χ1) is 18.8. The zero-order chi connectivity index (χ0) is 27.5. The number of carbonyl (C=O) groups is 2. The van der Waals surface area contributed by atoms with E-state index in [0.29, 0.717) is 40.8 Å². The van der Waals surface area contributed by atoms with Gasteiger partial charge in [-0.2, -0.15) is 0 Å². The van der Waals surface area contributed by atoms with Gasteiger partial charge in [0.25, 0.3) is 11.8 Å². The van der Waals surface area contributed by atoms with E-state index in [4.69, 9.17) is 9.15 Å². The molecule has 0 aliphatic carbocycles. The van der Waals surface area contributed by atoms with Gasteiger partial charge in [-0.15, -0.1) is 0 Å². The maximum absolute atomic E-state index is 14.7. The lowest BCUT2D eigenvalue weighted by atomic mass is 9.83. The van der Waals surface area contributed by atoms with Crippen LogP contribution >= 0.6 is 0 Å². The van der Waals surface area contributed by atoms with E-state index in [-0.39, 0.29) is 30.2 Å². The van der Waals surface area contributed by atoms with Crippen molar-refractivity contribution in [3.05, 3.63) is 110 Å². The van der Waals surface area contributed by atoms with Gasteiger partial charge in [-0.25, -0.2) is 4.39 Å². The molecule has 0 saturated carbocycles. The number of benzene rings is 3. The summed E-state index contributed by atoms with van der Waals surface area (Å²) in [4.78, 5) is 45.9. The molecule has 0 N–H and O–H groups in total. The minimum absolute atomic E-state index is 0.0414. The number of hydrogen-bond acceptors (Lipinski definition) is 5. The molecule has 0 radical (unpaired) electrons. The summed E-state index contributed by atoms with van der Waals surface area (Å²) in [5, 5.41) is 0.324. The van der Waals surface area contributed by atoms with Crippen LogP contribution in [0.25, 0.3) is 11.0 Å². The van der Waals surface area contributed by atoms with Crippen molar-refractivity contribution in [3.8, 4) is 0 Å². The summed E-state index contributed by atoms with van der Waals surface area (Å²) < 4.78 is 25.0. The average Bonchev–Trinajstić information content (AvgIpc) is 3.31. The van der Waals surface area contributed by atoms with Crippen molar-refractivity contribution in [3.63, 3.8) is 0 Å². The third-order valence-corrected chi connectivity index (χ3v) is 7.84. The number of hydrogen-bond donors (Lipinski definition) is 0. The van der Waals surface area contributed by atoms with Gasteiger partial charge in [0.1, 0.15) is 11.4 Å². The van der Waals surface area contributed by atoms with E-state index in [2.05, 4.69) is 0 Å². The van der Waals surface area contributed by atoms with Gasteiger partial charge in [0.15, 0.2) is 11.0 Å². The van der Waals surface area contributed by atoms with Gasteiger partial charge in [-0.1, -0.05) is 30.3 Å². The first kappa shape index (κ1) is 25.0. The summed E-state index contributed by atoms with van der Waals surface area (Å²) in [6.45, 7) is 4.50. The number of methoxy groups -OCH3 is 1. The van der Waals surface area contributed by atoms with E-state index in [0.717, 1.165) is 11.1 Å². The highest BCUT2D eigenvalue weighted by Gasteiger charge is 2.64. The Morgan fingerprint density at radius 3 is 2.44 bits per heavy atom. The van der Waals surface area contributed by atoms with Crippen LogP contribution in [0.1, 0.15) is 44.8 Å². The predicted molar refractivity (Wildman–Crippen MR) is 144 cm³/mol. The molecule has 1 atom stereocenters. The summed E-state index contributed by atoms with van der Waals surface area (Å²) in [6.07, 6.45) is 0.456. The normalized spacial score (nSPS) is 17.9. The Labute approximate surface area is 224 Å². The van der Waals surface area contributed by atoms with Crippen LogP contribution in [0.2, 0.25) is 0 Å². The summed E-state index contributed by atoms with van der Waals surface area (Å²) in [6, 6.07) is 16.6. The highest BCUT2D eigenvalue weighted by Crippen LogP contribution is 2.53. The minimum atomic E-state index is -1.69. The quantitative estimate of drug-likeness (QED) is 0.336. The first-order valence-corrected chi connectivity index (χ1v) is 12.8. The Bertz CT molecular complexity index is 1710. The molecule has 7 nitrogen and oxygen atoms in total. The van der Waals surface area contributed by atoms with E-state index >= 15 is 0 Å². The van der Waals surface area contributed by atoms with Crippen LogP contribution in [0.15, 0.2) is 69.9 Å². The lowest BCUT2D eigenvalue weighted by molar-refractivity contribution is -0.126. The van der Waals surface area contributed by atoms with Gasteiger partial charge in [0.05, 0.1) is 23.2 Å². The second kappa shape index (κ2) is 9.17. The van der Waals surface area contributed by atoms with Gasteiger partial charge in [-0.05, 0) is 67.3 Å². The molecule has 6 rings (SSSR count). The SMILES string of the molecule is COCCCN1C(=O)c2oc3cc(C)c(C)cc3c(=O)c2C12C(=O)N(Cc1ccc(F)cc1)c1ccccc12. The molecule has 2 aliphatic rings. The molecule has 39 heavy (non-hydrogen) atoms. The lowest BCUT2D eigenvalue weighted by Crippen LogP contribution is -2.53. The fourth-order valence-electron chi connectivity index (χ4n) is 5.84. The van der Waals surface area contributed by atoms with E-state index < -0.39 is 22.8 Å². The van der Waals surface area contributed by atoms with Crippen molar-refractivity contribution in [2.45, 2.75) is 32.4 Å². The molecule has 1 unspecified atom stereocenters. The topological polar surface area (TPSA) is 80.1 Å². The number of carbonyl (C=O) groups excluding carboxylic acids is 2. The predicted octanol–water partition coefficient (Wildman–Crippen LogP) is 4.83. The molecular formula is C31H27FN2O5. The number of anilines is 1. The fourth-order valence-corrected chi connectivity index (χ4v) is 5.84. The molecule has 198 valence electrons. The zero-order valence-electron chi connectivity index (χ0n) is 21.9. The van der Waals surface area contributed by atoms with Crippen molar-refractivity contribution in [1.82, 2.24) is 4.90 Å². The Hall–Kier alpha value is -4.30. The van der Waals surface area contributed by atoms with E-state index in [1.807, 2.05) is 19.9 Å². The number of ether oxygens (including phenoxy) is 1. The van der Waals surface area contributed by atoms with Crippen molar-refractivity contribution >= 4 is 28.5 Å². The van der Waals surface area contributed by atoms with Gasteiger partial charge < -0.3 is 19.0 Å². The van der Waals surface area contributed by atoms with Crippen LogP contribution in [-0.4, -0.2) is 37.0 Å². The molecule has 3 heterocycles. The molecule has 4 aromatic rings. The molecule has 3 aromatic carbocycles. The second-order valence-electron chi connectivity index (χ2n) is 10.1. The Balaban J connectivity index is 1.62. The largest absolute Gasteiger partial charge is 0.450 e. The second-order valence-corrected chi connectivity index (χ2v) is 10.1. The van der Waals surface area contributed by atoms with E-state index in [9.17, 15) is 18.8 Å². The molecule has 0 saturated heterocycles. The van der Waals surface area contributed by atoms with E-state index in [1.54, 1.807) is 54.5 Å². The Morgan fingerprint density at radius 1 is 0.974 bits per heavy atom. The van der Waals surface area contributed by atoms with Gasteiger partial charge >= 0.3 is 0 Å². The van der Waals surface area contributed by atoms with Crippen LogP contribution in [0.3, 0.4) is 0 Å². The van der Waals surface area contributed by atoms with Gasteiger partial charge in [-0.3, -0.25) is 14.4 Å². The van der Waals surface area contributed by atoms with Crippen LogP contribution in [0, 0.1) is 19.7 Å². The third-order valence-electron chi connectivity index (χ3n) is 7.84. The average molecular weight is 527 g/mol. The zero-order valence-corrected chi connectivity index (χ0v) is 21.9. The van der Waals surface area contributed by atoms with Crippen LogP contribution in [-0.2, 0) is 21.6 Å². The van der Waals surface area contributed by atoms with E-state index in [1.165, 1.54) is 17.0 Å². The van der Waals surface area contributed by atoms with Crippen LogP contribution in [0.4, 0.5) is 10.1 Å². The molecule has 8 heteroatoms. The number of aryl methyl sites for hydroxylation is 2. The fraction of sp³-hybridized carbons (Fsp3) is 0.258. The number of rotatable bonds is 6. The van der Waals surface area contributed by atoms with Crippen molar-refractivity contribution in [1.29, 1.82) is 0 Å². The number of amides is 2. The van der Waals surface area contributed by atoms with Crippen molar-refractivity contribution in [2.75, 3.05) is 25.2 Å². The summed E-state index contributed by atoms with van der Waals surface area (Å²) in [7, 11) is 1.57. The third kappa shape index (κ3) is 3.55. The molecular weight excluding hydrogens is 499 g/mol. The molecule has 0 fully saturated rings.